The van der Waals surface area contributed by atoms with Crippen LogP contribution in [0.5, 0.6) is 0 Å². The molecule has 36 heavy (non-hydrogen) atoms. The molecular formula is Ca2Cr3Cu2O24S3Zn2. The monoisotopic (exact) mass is 969 g/mol. The Balaban J connectivity index is -0.0000000186. The molecule has 0 unspecified atom stereocenters. The van der Waals surface area contributed by atoms with Gasteiger partial charge in [-0.1, -0.05) is 0 Å². The quantitative estimate of drug-likeness (QED) is 0.124. The molecule has 0 N–H and O–H groups in total. The van der Waals surface area contributed by atoms with E-state index < -0.39 is 72.0 Å². The minimum atomic E-state index is -5.75. The van der Waals surface area contributed by atoms with E-state index in [2.05, 4.69) is 0 Å². The zero-order valence-electron chi connectivity index (χ0n) is 15.7. The first-order valence-corrected chi connectivity index (χ1v) is 14.2. The van der Waals surface area contributed by atoms with Crippen molar-refractivity contribution in [1.29, 1.82) is 0 Å². The summed E-state index contributed by atoms with van der Waals surface area (Å²) in [7, 11) is -15.5. The van der Waals surface area contributed by atoms with Crippen LogP contribution in [0.25, 0.3) is 0 Å². The minimum absolute atomic E-state index is 0. The van der Waals surface area contributed by atoms with Crippen molar-refractivity contribution in [3.05, 3.63) is 0 Å². The average Bonchev–Trinajstić information content (AvgIpc) is 1.94. The molecule has 0 aliphatic carbocycles. The van der Waals surface area contributed by atoms with Crippen molar-refractivity contribution >= 4 is 107 Å². The first-order chi connectivity index (χ1) is 12.0. The van der Waals surface area contributed by atoms with Crippen molar-refractivity contribution in [1.82, 2.24) is 0 Å². The third kappa shape index (κ3) is 2600. The standard InChI is InChI=1S/2Ca.3Cr.2Cu.3H2O4S.12O.2Zn/c;;;;;;;3*1-5(2,3)4;;;;;;;;;;;;;;/h;;;;;;;3*(H2,1,2,3,4);;;;;;;;;;;;;;/q2*+2;;;;2*+2;;;;;;;;;;6*-1;2*+2/p-6. The molecule has 0 aliphatic heterocycles. The van der Waals surface area contributed by atoms with Crippen LogP contribution in [0, 0.1) is 0 Å². The maximum Gasteiger partial charge on any atom is 2.00 e. The summed E-state index contributed by atoms with van der Waals surface area (Å²) >= 11 is -17.2. The zero-order valence-corrected chi connectivity index (χ0v) is 34.2. The molecule has 0 aliphatic rings. The fraction of sp³-hybridized carbons (Fsp3) is 0. The Labute approximate surface area is 315 Å². The summed E-state index contributed by atoms with van der Waals surface area (Å²) < 4.78 is 205. The number of rotatable bonds is 0. The molecule has 0 saturated heterocycles. The van der Waals surface area contributed by atoms with Gasteiger partial charge in [0, 0.05) is 31.2 Å². The van der Waals surface area contributed by atoms with Crippen LogP contribution in [0.2, 0.25) is 0 Å². The summed E-state index contributed by atoms with van der Waals surface area (Å²) in [6, 6.07) is 0. The first-order valence-electron chi connectivity index (χ1n) is 4.00. The largest absolute Gasteiger partial charge is 2.00 e. The van der Waals surface area contributed by atoms with Gasteiger partial charge in [0.15, 0.2) is 0 Å². The number of hydrogen-bond acceptors (Lipinski definition) is 24. The van der Waals surface area contributed by atoms with Crippen LogP contribution in [0.3, 0.4) is 0 Å². The molecule has 0 aromatic carbocycles. The Morgan fingerprint density at radius 2 is 0.361 bits per heavy atom. The Bertz CT molecular complexity index is 792. The van der Waals surface area contributed by atoms with Gasteiger partial charge in [0.2, 0.25) is 0 Å². The predicted molar refractivity (Wildman–Crippen MR) is 47.1 cm³/mol. The predicted octanol–water partition coefficient (Wildman–Crippen LogP) is -12.6. The Morgan fingerprint density at radius 3 is 0.361 bits per heavy atom. The van der Waals surface area contributed by atoms with E-state index in [1.165, 1.54) is 0 Å². The zero-order chi connectivity index (χ0) is 27.0. The molecule has 0 rings (SSSR count). The first kappa shape index (κ1) is 77.8. The molecule has 24 nitrogen and oxygen atoms in total. The molecule has 210 valence electrons. The second-order valence-electron chi connectivity index (χ2n) is 2.45. The van der Waals surface area contributed by atoms with Crippen molar-refractivity contribution in [2.45, 2.75) is 0 Å². The van der Waals surface area contributed by atoms with E-state index in [4.69, 9.17) is 100 Å². The summed E-state index contributed by atoms with van der Waals surface area (Å²) in [5, 5.41) is 0. The van der Waals surface area contributed by atoms with Gasteiger partial charge in [-0.05, 0) is 0 Å². The van der Waals surface area contributed by atoms with Crippen molar-refractivity contribution in [2.24, 2.45) is 0 Å². The van der Waals surface area contributed by atoms with Crippen molar-refractivity contribution < 1.29 is 214 Å². The number of hydrogen-bond donors (Lipinski definition) is 0. The molecule has 2 radical (unpaired) electrons. The van der Waals surface area contributed by atoms with E-state index in [1.54, 1.807) is 0 Å². The Morgan fingerprint density at radius 1 is 0.361 bits per heavy atom. The summed E-state index contributed by atoms with van der Waals surface area (Å²) in [6.45, 7) is 0. The second kappa shape index (κ2) is 35.8. The van der Waals surface area contributed by atoms with Gasteiger partial charge in [0.1, 0.15) is 0 Å². The summed E-state index contributed by atoms with van der Waals surface area (Å²) in [4.78, 5) is 0. The molecule has 0 aromatic rings. The third-order valence-electron chi connectivity index (χ3n) is 0. The van der Waals surface area contributed by atoms with Crippen LogP contribution < -0.4 is 24.9 Å². The van der Waals surface area contributed by atoms with Gasteiger partial charge in [-0.2, -0.15) is 0 Å². The van der Waals surface area contributed by atoms with Crippen LogP contribution >= 0.6 is 0 Å². The van der Waals surface area contributed by atoms with E-state index >= 15 is 0 Å². The molecular weight excluding hydrogens is 974 g/mol. The molecule has 0 fully saturated rings. The Hall–Kier alpha value is 4.57. The molecule has 0 saturated carbocycles. The van der Waals surface area contributed by atoms with Crippen molar-refractivity contribution in [3.63, 3.8) is 0 Å². The molecule has 0 spiro atoms. The van der Waals surface area contributed by atoms with E-state index in [1.807, 2.05) is 0 Å². The van der Waals surface area contributed by atoms with Gasteiger partial charge in [0.05, 0.1) is 0 Å². The van der Waals surface area contributed by atoms with Gasteiger partial charge >= 0.3 is 237 Å². The van der Waals surface area contributed by atoms with E-state index in [9.17, 15) is 0 Å². The van der Waals surface area contributed by atoms with Crippen LogP contribution in [0.15, 0.2) is 0 Å². The van der Waals surface area contributed by atoms with E-state index in [0.717, 1.165) is 0 Å². The molecule has 0 aromatic heterocycles. The van der Waals surface area contributed by atoms with Gasteiger partial charge in [-0.25, -0.2) is 0 Å². The summed E-state index contributed by atoms with van der Waals surface area (Å²) in [5.41, 5.74) is 0. The molecule has 0 heterocycles. The van der Waals surface area contributed by atoms with Gasteiger partial charge < -0.3 is 27.3 Å². The molecule has 0 atom stereocenters. The van der Waals surface area contributed by atoms with Crippen LogP contribution in [-0.2, 0) is 168 Å². The maximum absolute atomic E-state index is 8.59. The molecule has 36 heteroatoms. The topological polar surface area (TPSA) is 482 Å². The SMILES string of the molecule is O=S(=O)([O-])[O-].O=S(=O)([O-])[O-].O=S(=O)([O-])[O-].[Ca+2].[Ca+2].[Cu+2].[Cu+2].[O]=[Cr](=[O])([O-])[O-].[O]=[Cr](=[O])([O-])[O-].[O]=[Cr](=[O])([O-])[O-].[Zn+2].[Zn+2]. The summed E-state index contributed by atoms with van der Waals surface area (Å²) in [5.74, 6) is 0. The normalized spacial score (nSPS) is 9.67. The van der Waals surface area contributed by atoms with Gasteiger partial charge in [-0.3, -0.25) is 25.3 Å². The second-order valence-corrected chi connectivity index (χ2v) is 8.72. The van der Waals surface area contributed by atoms with E-state index in [0.29, 0.717) is 0 Å². The van der Waals surface area contributed by atoms with Crippen LogP contribution in [0.1, 0.15) is 0 Å². The van der Waals surface area contributed by atoms with Crippen molar-refractivity contribution in [2.75, 3.05) is 0 Å². The fourth-order valence-electron chi connectivity index (χ4n) is 0. The van der Waals surface area contributed by atoms with Crippen LogP contribution in [-0.4, -0.2) is 128 Å². The van der Waals surface area contributed by atoms with Gasteiger partial charge in [0.25, 0.3) is 0 Å². The molecule has 0 bridgehead atoms. The smallest absolute Gasteiger partial charge is 2.00 e. The van der Waals surface area contributed by atoms with Gasteiger partial charge in [-0.15, -0.1) is 0 Å². The minimum Gasteiger partial charge on any atom is 2.00 e. The molecule has 0 amide bonds. The third-order valence-corrected chi connectivity index (χ3v) is 0. The maximum atomic E-state index is 8.59. The fourth-order valence-corrected chi connectivity index (χ4v) is 0. The van der Waals surface area contributed by atoms with Crippen LogP contribution in [0.4, 0.5) is 0 Å². The summed E-state index contributed by atoms with van der Waals surface area (Å²) in [6.07, 6.45) is 0. The Kier molecular flexibility index (Phi) is 77.3. The van der Waals surface area contributed by atoms with E-state index in [-0.39, 0.29) is 149 Å². The van der Waals surface area contributed by atoms with Crippen molar-refractivity contribution in [3.8, 4) is 0 Å². The average molecular weight is 974 g/mol.